The van der Waals surface area contributed by atoms with Crippen LogP contribution in [0.25, 0.3) is 45.6 Å². The van der Waals surface area contributed by atoms with Gasteiger partial charge in [0.2, 0.25) is 0 Å². The summed E-state index contributed by atoms with van der Waals surface area (Å²) in [5.41, 5.74) is 19.9. The normalized spacial score (nSPS) is 16.6. The standard InChI is InChI=1S/C44H38S2Si/c1-27-21-33-37(43(29(27)3)31-13-7-5-8-14-31)23-35(41-17-11-19-45-41)39(33)25-47-26-40-34-22-28(2)30(4)44(32-15-9-6-10-16-32)38(34)24-36(40)42-18-12-20-46-42/h5-24,39-40H,25-26H2,1-4H3. The minimum Gasteiger partial charge on any atom is -0.144 e. The predicted octanol–water partition coefficient (Wildman–Crippen LogP) is 12.9. The van der Waals surface area contributed by atoms with Crippen LogP contribution in [-0.4, -0.2) is 9.52 Å². The summed E-state index contributed by atoms with van der Waals surface area (Å²) in [6, 6.07) is 38.5. The quantitative estimate of drug-likeness (QED) is 0.143. The molecule has 2 atom stereocenters. The number of fused-ring (bicyclic) bond motifs is 2. The molecule has 3 heteroatoms. The zero-order valence-corrected chi connectivity index (χ0v) is 30.1. The molecule has 2 aromatic heterocycles. The Morgan fingerprint density at radius 1 is 0.532 bits per heavy atom. The van der Waals surface area contributed by atoms with Crippen molar-refractivity contribution < 1.29 is 0 Å². The highest BCUT2D eigenvalue weighted by atomic mass is 32.1. The maximum atomic E-state index is 2.53. The number of hydrogen-bond donors (Lipinski definition) is 0. The van der Waals surface area contributed by atoms with E-state index >= 15 is 0 Å². The van der Waals surface area contributed by atoms with Crippen LogP contribution in [0, 0.1) is 27.7 Å². The summed E-state index contributed by atoms with van der Waals surface area (Å²) in [5.74, 6) is 0.830. The van der Waals surface area contributed by atoms with E-state index in [0.29, 0.717) is 11.8 Å². The van der Waals surface area contributed by atoms with E-state index < -0.39 is 0 Å². The monoisotopic (exact) mass is 658 g/mol. The molecular weight excluding hydrogens is 621 g/mol. The SMILES string of the molecule is Cc1cc2c(c(-c3ccccc3)c1C)C=C(c1cccs1)C2C[Si]CC1C(c2cccs2)=Cc2c1cc(C)c(C)c2-c1ccccc1. The second kappa shape index (κ2) is 12.5. The minimum atomic E-state index is 0.415. The first kappa shape index (κ1) is 30.3. The van der Waals surface area contributed by atoms with Gasteiger partial charge in [-0.2, -0.15) is 0 Å². The van der Waals surface area contributed by atoms with E-state index in [0.717, 1.165) is 9.52 Å². The molecule has 2 aliphatic rings. The van der Waals surface area contributed by atoms with Crippen LogP contribution in [0.4, 0.5) is 0 Å². The third kappa shape index (κ3) is 5.35. The molecule has 4 aromatic carbocycles. The Balaban J connectivity index is 1.17. The van der Waals surface area contributed by atoms with Crippen LogP contribution in [0.1, 0.15) is 66.1 Å². The zero-order valence-electron chi connectivity index (χ0n) is 27.4. The van der Waals surface area contributed by atoms with E-state index in [1.807, 2.05) is 22.7 Å². The van der Waals surface area contributed by atoms with Gasteiger partial charge in [0.05, 0.1) is 0 Å². The van der Waals surface area contributed by atoms with Gasteiger partial charge in [-0.1, -0.05) is 97.0 Å². The molecular formula is C44H38S2Si. The van der Waals surface area contributed by atoms with Crippen molar-refractivity contribution >= 4 is 55.5 Å². The molecule has 0 spiro atoms. The van der Waals surface area contributed by atoms with Crippen molar-refractivity contribution in [3.63, 3.8) is 0 Å². The maximum absolute atomic E-state index is 2.53. The van der Waals surface area contributed by atoms with Gasteiger partial charge in [0.1, 0.15) is 0 Å². The smallest absolute Gasteiger partial charge is 0.0397 e. The van der Waals surface area contributed by atoms with Crippen LogP contribution in [-0.2, 0) is 0 Å². The van der Waals surface area contributed by atoms with E-state index in [2.05, 4.69) is 148 Å². The summed E-state index contributed by atoms with van der Waals surface area (Å²) in [5, 5.41) is 4.46. The predicted molar refractivity (Wildman–Crippen MR) is 208 cm³/mol. The molecule has 8 rings (SSSR count). The Bertz CT molecular complexity index is 1980. The van der Waals surface area contributed by atoms with Crippen molar-refractivity contribution in [3.05, 3.63) is 162 Å². The number of benzene rings is 4. The Labute approximate surface area is 290 Å². The molecule has 2 unspecified atom stereocenters. The highest BCUT2D eigenvalue weighted by molar-refractivity contribution is 7.11. The lowest BCUT2D eigenvalue weighted by molar-refractivity contribution is 0.953. The molecule has 0 bridgehead atoms. The van der Waals surface area contributed by atoms with Gasteiger partial charge in [-0.05, 0) is 141 Å². The fourth-order valence-corrected chi connectivity index (χ4v) is 11.0. The lowest BCUT2D eigenvalue weighted by atomic mass is 9.87. The summed E-state index contributed by atoms with van der Waals surface area (Å²) in [7, 11) is 0.847. The van der Waals surface area contributed by atoms with Crippen molar-refractivity contribution in [1.29, 1.82) is 0 Å². The molecule has 0 N–H and O–H groups in total. The van der Waals surface area contributed by atoms with Crippen molar-refractivity contribution in [1.82, 2.24) is 0 Å². The van der Waals surface area contributed by atoms with E-state index in [4.69, 9.17) is 0 Å². The summed E-state index contributed by atoms with van der Waals surface area (Å²) in [4.78, 5) is 2.82. The molecule has 6 aromatic rings. The van der Waals surface area contributed by atoms with Gasteiger partial charge >= 0.3 is 0 Å². The second-order valence-electron chi connectivity index (χ2n) is 13.0. The molecule has 2 heterocycles. The van der Waals surface area contributed by atoms with Crippen LogP contribution < -0.4 is 0 Å². The Kier molecular flexibility index (Phi) is 8.09. The first-order valence-electron chi connectivity index (χ1n) is 16.6. The number of rotatable bonds is 8. The number of aryl methyl sites for hydroxylation is 2. The van der Waals surface area contributed by atoms with Gasteiger partial charge in [0.15, 0.2) is 0 Å². The molecule has 0 aliphatic heterocycles. The minimum absolute atomic E-state index is 0.415. The summed E-state index contributed by atoms with van der Waals surface area (Å²) in [6.45, 7) is 9.20. The number of allylic oxidation sites excluding steroid dienone is 2. The van der Waals surface area contributed by atoms with Gasteiger partial charge in [-0.15, -0.1) is 22.7 Å². The van der Waals surface area contributed by atoms with E-state index in [-0.39, 0.29) is 0 Å². The summed E-state index contributed by atoms with van der Waals surface area (Å²) in [6.07, 6.45) is 5.07. The van der Waals surface area contributed by atoms with Crippen molar-refractivity contribution in [2.24, 2.45) is 0 Å². The molecule has 0 saturated heterocycles. The molecule has 2 radical (unpaired) electrons. The summed E-state index contributed by atoms with van der Waals surface area (Å²) >= 11 is 3.76. The van der Waals surface area contributed by atoms with Crippen molar-refractivity contribution in [3.8, 4) is 22.3 Å². The zero-order chi connectivity index (χ0) is 32.1. The average molecular weight is 659 g/mol. The van der Waals surface area contributed by atoms with Crippen LogP contribution in [0.3, 0.4) is 0 Å². The largest absolute Gasteiger partial charge is 0.144 e. The van der Waals surface area contributed by atoms with E-state index in [1.54, 1.807) is 0 Å². The molecule has 2 aliphatic carbocycles. The Morgan fingerprint density at radius 2 is 0.957 bits per heavy atom. The maximum Gasteiger partial charge on any atom is 0.0397 e. The van der Waals surface area contributed by atoms with E-state index in [1.165, 1.54) is 99.8 Å². The number of hydrogen-bond acceptors (Lipinski definition) is 2. The van der Waals surface area contributed by atoms with Crippen LogP contribution in [0.5, 0.6) is 0 Å². The Hall–Kier alpha value is -4.02. The fraction of sp³-hybridized carbons (Fsp3) is 0.182. The highest BCUT2D eigenvalue weighted by Crippen LogP contribution is 2.52. The lowest BCUT2D eigenvalue weighted by Gasteiger charge is -2.22. The summed E-state index contributed by atoms with van der Waals surface area (Å²) < 4.78 is 0. The average Bonchev–Trinajstić information content (AvgIpc) is 3.91. The first-order valence-corrected chi connectivity index (χ1v) is 19.8. The van der Waals surface area contributed by atoms with Crippen molar-refractivity contribution in [2.75, 3.05) is 0 Å². The van der Waals surface area contributed by atoms with Crippen molar-refractivity contribution in [2.45, 2.75) is 51.6 Å². The molecule has 0 fully saturated rings. The van der Waals surface area contributed by atoms with Gasteiger partial charge in [0, 0.05) is 31.1 Å². The third-order valence-corrected chi connectivity index (χ3v) is 13.6. The molecule has 230 valence electrons. The highest BCUT2D eigenvalue weighted by Gasteiger charge is 2.33. The fourth-order valence-electron chi connectivity index (χ4n) is 7.80. The van der Waals surface area contributed by atoms with Crippen LogP contribution in [0.2, 0.25) is 12.1 Å². The van der Waals surface area contributed by atoms with Crippen LogP contribution in [0.15, 0.2) is 108 Å². The van der Waals surface area contributed by atoms with Gasteiger partial charge in [0.25, 0.3) is 0 Å². The second-order valence-corrected chi connectivity index (χ2v) is 16.3. The molecule has 0 nitrogen and oxygen atoms in total. The van der Waals surface area contributed by atoms with Gasteiger partial charge in [-0.3, -0.25) is 0 Å². The van der Waals surface area contributed by atoms with Gasteiger partial charge in [-0.25, -0.2) is 0 Å². The van der Waals surface area contributed by atoms with E-state index in [9.17, 15) is 0 Å². The molecule has 47 heavy (non-hydrogen) atoms. The third-order valence-electron chi connectivity index (χ3n) is 10.4. The topological polar surface area (TPSA) is 0 Å². The lowest BCUT2D eigenvalue weighted by Crippen LogP contribution is -2.08. The number of thiophene rings is 2. The van der Waals surface area contributed by atoms with Crippen LogP contribution >= 0.6 is 22.7 Å². The molecule has 0 saturated carbocycles. The molecule has 0 amide bonds. The van der Waals surface area contributed by atoms with Gasteiger partial charge < -0.3 is 0 Å². The Morgan fingerprint density at radius 3 is 1.34 bits per heavy atom. The first-order chi connectivity index (χ1) is 23.0.